The van der Waals surface area contributed by atoms with Crippen molar-refractivity contribution in [2.45, 2.75) is 37.9 Å². The standard InChI is InChI=1S/C20H20F2N2O5S/c1-12(2)24-19(26)16-9-6-14(10-17(16)30(24,27)28)18(25)23(3)11-13-4-7-15(8-5-13)29-20(21)22/h4-10,12,20H,11H2,1-3H3. The molecule has 0 fully saturated rings. The van der Waals surface area contributed by atoms with E-state index in [-0.39, 0.29) is 28.3 Å². The molecule has 0 saturated heterocycles. The fourth-order valence-corrected chi connectivity index (χ4v) is 5.03. The Kier molecular flexibility index (Phi) is 5.80. The summed E-state index contributed by atoms with van der Waals surface area (Å²) in [7, 11) is -2.49. The molecule has 30 heavy (non-hydrogen) atoms. The van der Waals surface area contributed by atoms with Crippen molar-refractivity contribution in [3.63, 3.8) is 0 Å². The molecule has 0 atom stereocenters. The molecule has 10 heteroatoms. The van der Waals surface area contributed by atoms with Crippen LogP contribution in [0.25, 0.3) is 0 Å². The number of ether oxygens (including phenoxy) is 1. The van der Waals surface area contributed by atoms with E-state index in [1.165, 1.54) is 42.3 Å². The van der Waals surface area contributed by atoms with E-state index in [2.05, 4.69) is 4.74 Å². The van der Waals surface area contributed by atoms with Crippen LogP contribution in [-0.2, 0) is 16.6 Å². The zero-order valence-electron chi connectivity index (χ0n) is 16.5. The third-order valence-electron chi connectivity index (χ3n) is 4.58. The van der Waals surface area contributed by atoms with Gasteiger partial charge in [-0.15, -0.1) is 0 Å². The lowest BCUT2D eigenvalue weighted by molar-refractivity contribution is -0.0498. The fraction of sp³-hybridized carbons (Fsp3) is 0.300. The zero-order chi connectivity index (χ0) is 22.2. The number of amides is 2. The molecule has 2 amide bonds. The normalized spacial score (nSPS) is 14.9. The first-order valence-electron chi connectivity index (χ1n) is 9.04. The summed E-state index contributed by atoms with van der Waals surface area (Å²) in [5.74, 6) is -1.05. The topological polar surface area (TPSA) is 84.0 Å². The molecule has 0 spiro atoms. The summed E-state index contributed by atoms with van der Waals surface area (Å²) in [6, 6.07) is 9.25. The molecule has 0 bridgehead atoms. The molecule has 0 radical (unpaired) electrons. The van der Waals surface area contributed by atoms with Gasteiger partial charge >= 0.3 is 6.61 Å². The minimum absolute atomic E-state index is 0.00549. The van der Waals surface area contributed by atoms with Gasteiger partial charge in [0.05, 0.1) is 5.56 Å². The van der Waals surface area contributed by atoms with E-state index < -0.39 is 34.5 Å². The molecular weight excluding hydrogens is 418 g/mol. The van der Waals surface area contributed by atoms with Gasteiger partial charge in [0.15, 0.2) is 0 Å². The lowest BCUT2D eigenvalue weighted by Gasteiger charge is -2.19. The van der Waals surface area contributed by atoms with Gasteiger partial charge in [-0.25, -0.2) is 12.7 Å². The first-order chi connectivity index (χ1) is 14.0. The number of carbonyl (C=O) groups excluding carboxylic acids is 2. The molecular formula is C20H20F2N2O5S. The maximum atomic E-state index is 12.8. The van der Waals surface area contributed by atoms with Crippen molar-refractivity contribution in [3.05, 3.63) is 59.2 Å². The average molecular weight is 438 g/mol. The summed E-state index contributed by atoms with van der Waals surface area (Å²) in [6.07, 6.45) is 0. The number of fused-ring (bicyclic) bond motifs is 1. The molecule has 0 N–H and O–H groups in total. The summed E-state index contributed by atoms with van der Waals surface area (Å²) in [6.45, 7) is 0.432. The highest BCUT2D eigenvalue weighted by Crippen LogP contribution is 2.32. The van der Waals surface area contributed by atoms with Crippen LogP contribution in [0.3, 0.4) is 0 Å². The van der Waals surface area contributed by atoms with Crippen molar-refractivity contribution in [2.75, 3.05) is 7.05 Å². The van der Waals surface area contributed by atoms with Gasteiger partial charge in [-0.1, -0.05) is 12.1 Å². The van der Waals surface area contributed by atoms with Gasteiger partial charge in [0.25, 0.3) is 21.8 Å². The predicted octanol–water partition coefficient (Wildman–Crippen LogP) is 3.11. The summed E-state index contributed by atoms with van der Waals surface area (Å²) >= 11 is 0. The zero-order valence-corrected chi connectivity index (χ0v) is 17.3. The third-order valence-corrected chi connectivity index (χ3v) is 6.58. The maximum absolute atomic E-state index is 12.8. The van der Waals surface area contributed by atoms with Crippen molar-refractivity contribution < 1.29 is 31.5 Å². The van der Waals surface area contributed by atoms with Crippen LogP contribution in [0, 0.1) is 0 Å². The van der Waals surface area contributed by atoms with Gasteiger partial charge < -0.3 is 9.64 Å². The third kappa shape index (κ3) is 4.00. The number of halogens is 2. The largest absolute Gasteiger partial charge is 0.435 e. The minimum Gasteiger partial charge on any atom is -0.435 e. The van der Waals surface area contributed by atoms with Crippen molar-refractivity contribution >= 4 is 21.8 Å². The second-order valence-corrected chi connectivity index (χ2v) is 8.88. The van der Waals surface area contributed by atoms with E-state index in [1.807, 2.05) is 0 Å². The molecule has 2 aromatic carbocycles. The molecule has 7 nitrogen and oxygen atoms in total. The van der Waals surface area contributed by atoms with Crippen LogP contribution in [0.2, 0.25) is 0 Å². The minimum atomic E-state index is -4.01. The van der Waals surface area contributed by atoms with E-state index in [0.29, 0.717) is 5.56 Å². The Balaban J connectivity index is 1.80. The Morgan fingerprint density at radius 3 is 2.33 bits per heavy atom. The Morgan fingerprint density at radius 1 is 1.13 bits per heavy atom. The molecule has 0 aliphatic carbocycles. The van der Waals surface area contributed by atoms with Gasteiger partial charge in [0, 0.05) is 25.2 Å². The van der Waals surface area contributed by atoms with Gasteiger partial charge in [-0.2, -0.15) is 8.78 Å². The second-order valence-electron chi connectivity index (χ2n) is 7.09. The number of benzene rings is 2. The molecule has 1 aliphatic rings. The lowest BCUT2D eigenvalue weighted by atomic mass is 10.1. The highest BCUT2D eigenvalue weighted by atomic mass is 32.2. The lowest BCUT2D eigenvalue weighted by Crippen LogP contribution is -2.36. The summed E-state index contributed by atoms with van der Waals surface area (Å²) in [5.41, 5.74) is 0.829. The van der Waals surface area contributed by atoms with E-state index >= 15 is 0 Å². The number of sulfonamides is 1. The van der Waals surface area contributed by atoms with Crippen LogP contribution in [0.1, 0.15) is 40.1 Å². The van der Waals surface area contributed by atoms with E-state index in [0.717, 1.165) is 4.31 Å². The molecule has 1 heterocycles. The van der Waals surface area contributed by atoms with Crippen molar-refractivity contribution in [2.24, 2.45) is 0 Å². The molecule has 3 rings (SSSR count). The molecule has 0 unspecified atom stereocenters. The quantitative estimate of drug-likeness (QED) is 0.692. The number of hydrogen-bond acceptors (Lipinski definition) is 5. The van der Waals surface area contributed by atoms with Gasteiger partial charge in [-0.3, -0.25) is 9.59 Å². The van der Waals surface area contributed by atoms with Crippen LogP contribution >= 0.6 is 0 Å². The fourth-order valence-electron chi connectivity index (χ4n) is 3.23. The first kappa shape index (κ1) is 21.7. The Bertz CT molecular complexity index is 1080. The molecule has 1 aliphatic heterocycles. The molecule has 2 aromatic rings. The highest BCUT2D eigenvalue weighted by molar-refractivity contribution is 7.90. The number of alkyl halides is 2. The second kappa shape index (κ2) is 8.02. The van der Waals surface area contributed by atoms with Crippen molar-refractivity contribution in [1.29, 1.82) is 0 Å². The Labute approximate surface area is 172 Å². The highest BCUT2D eigenvalue weighted by Gasteiger charge is 2.43. The summed E-state index contributed by atoms with van der Waals surface area (Å²) in [4.78, 5) is 26.3. The monoisotopic (exact) mass is 438 g/mol. The Morgan fingerprint density at radius 2 is 1.77 bits per heavy atom. The van der Waals surface area contributed by atoms with Gasteiger partial charge in [-0.05, 0) is 49.7 Å². The number of nitrogens with zero attached hydrogens (tertiary/aromatic N) is 2. The SMILES string of the molecule is CC(C)N1C(=O)c2ccc(C(=O)N(C)Cc3ccc(OC(F)F)cc3)cc2S1(=O)=O. The summed E-state index contributed by atoms with van der Waals surface area (Å²) < 4.78 is 54.9. The van der Waals surface area contributed by atoms with E-state index in [1.54, 1.807) is 26.0 Å². The van der Waals surface area contributed by atoms with Crippen LogP contribution in [-0.4, -0.2) is 49.1 Å². The van der Waals surface area contributed by atoms with E-state index in [4.69, 9.17) is 0 Å². The molecule has 160 valence electrons. The van der Waals surface area contributed by atoms with Crippen LogP contribution in [0.15, 0.2) is 47.4 Å². The van der Waals surface area contributed by atoms with Crippen LogP contribution < -0.4 is 4.74 Å². The number of carbonyl (C=O) groups is 2. The van der Waals surface area contributed by atoms with Gasteiger partial charge in [0.2, 0.25) is 0 Å². The van der Waals surface area contributed by atoms with Crippen molar-refractivity contribution in [1.82, 2.24) is 9.21 Å². The van der Waals surface area contributed by atoms with Gasteiger partial charge in [0.1, 0.15) is 10.6 Å². The smallest absolute Gasteiger partial charge is 0.387 e. The van der Waals surface area contributed by atoms with Crippen LogP contribution in [0.4, 0.5) is 8.78 Å². The predicted molar refractivity (Wildman–Crippen MR) is 104 cm³/mol. The summed E-state index contributed by atoms with van der Waals surface area (Å²) in [5, 5.41) is 0. The van der Waals surface area contributed by atoms with Crippen LogP contribution in [0.5, 0.6) is 5.75 Å². The number of rotatable bonds is 6. The Hall–Kier alpha value is -3.01. The maximum Gasteiger partial charge on any atom is 0.387 e. The van der Waals surface area contributed by atoms with Crippen molar-refractivity contribution in [3.8, 4) is 5.75 Å². The van der Waals surface area contributed by atoms with E-state index in [9.17, 15) is 26.8 Å². The average Bonchev–Trinajstić information content (AvgIpc) is 2.87. The molecule has 0 aromatic heterocycles. The molecule has 0 saturated carbocycles. The number of hydrogen-bond donors (Lipinski definition) is 0. The first-order valence-corrected chi connectivity index (χ1v) is 10.5.